The predicted octanol–water partition coefficient (Wildman–Crippen LogP) is 4.67. The van der Waals surface area contributed by atoms with Crippen molar-refractivity contribution in [1.82, 2.24) is 0 Å². The molecular formula is C20H18O3. The van der Waals surface area contributed by atoms with Crippen LogP contribution in [0.2, 0.25) is 0 Å². The molecule has 1 aromatic heterocycles. The second kappa shape index (κ2) is 6.13. The van der Waals surface area contributed by atoms with Gasteiger partial charge in [-0.05, 0) is 32.4 Å². The second-order valence-electron chi connectivity index (χ2n) is 5.74. The number of allylic oxidation sites excluding steroid dienone is 2. The highest BCUT2D eigenvalue weighted by Gasteiger charge is 2.17. The Bertz CT molecular complexity index is 930. The normalized spacial score (nSPS) is 10.7. The van der Waals surface area contributed by atoms with Crippen LogP contribution in [0.1, 0.15) is 19.4 Å². The van der Waals surface area contributed by atoms with E-state index in [1.165, 1.54) is 6.07 Å². The molecule has 0 spiro atoms. The summed E-state index contributed by atoms with van der Waals surface area (Å²) in [6, 6.07) is 14.5. The molecule has 3 rings (SSSR count). The van der Waals surface area contributed by atoms with E-state index in [2.05, 4.69) is 0 Å². The average Bonchev–Trinajstić information content (AvgIpc) is 2.54. The molecule has 0 saturated heterocycles. The van der Waals surface area contributed by atoms with Crippen LogP contribution in [-0.2, 0) is 6.42 Å². The standard InChI is InChI=1S/C20H18O3/c1-13(2)11-12-15-19(22)18-16(21)9-6-10-17(18)23-20(15)14-7-4-3-5-8-14/h3-11,21H,12H2,1-2H3. The highest BCUT2D eigenvalue weighted by Crippen LogP contribution is 2.29. The smallest absolute Gasteiger partial charge is 0.200 e. The molecule has 0 bridgehead atoms. The Labute approximate surface area is 134 Å². The molecule has 23 heavy (non-hydrogen) atoms. The SMILES string of the molecule is CC(C)=CCc1c(-c2ccccc2)oc2cccc(O)c2c1=O. The minimum absolute atomic E-state index is 0.0469. The first-order chi connectivity index (χ1) is 11.1. The van der Waals surface area contributed by atoms with Crippen LogP contribution in [0.3, 0.4) is 0 Å². The Balaban J connectivity index is 2.35. The van der Waals surface area contributed by atoms with Gasteiger partial charge >= 0.3 is 0 Å². The molecule has 2 aromatic carbocycles. The highest BCUT2D eigenvalue weighted by atomic mass is 16.3. The Morgan fingerprint density at radius 1 is 1.09 bits per heavy atom. The fourth-order valence-corrected chi connectivity index (χ4v) is 2.57. The van der Waals surface area contributed by atoms with E-state index in [4.69, 9.17) is 4.42 Å². The van der Waals surface area contributed by atoms with Gasteiger partial charge in [0.1, 0.15) is 22.5 Å². The van der Waals surface area contributed by atoms with Crippen molar-refractivity contribution >= 4 is 11.0 Å². The molecule has 0 atom stereocenters. The Morgan fingerprint density at radius 2 is 1.83 bits per heavy atom. The summed E-state index contributed by atoms with van der Waals surface area (Å²) in [7, 11) is 0. The summed E-state index contributed by atoms with van der Waals surface area (Å²) in [5.41, 5.74) is 2.76. The van der Waals surface area contributed by atoms with Gasteiger partial charge in [-0.2, -0.15) is 0 Å². The second-order valence-corrected chi connectivity index (χ2v) is 5.74. The van der Waals surface area contributed by atoms with Crippen molar-refractivity contribution in [2.45, 2.75) is 20.3 Å². The topological polar surface area (TPSA) is 50.4 Å². The van der Waals surface area contributed by atoms with Gasteiger partial charge < -0.3 is 9.52 Å². The number of fused-ring (bicyclic) bond motifs is 1. The minimum Gasteiger partial charge on any atom is -0.507 e. The maximum absolute atomic E-state index is 12.9. The molecule has 0 aliphatic carbocycles. The van der Waals surface area contributed by atoms with Gasteiger partial charge in [-0.1, -0.05) is 48.0 Å². The highest BCUT2D eigenvalue weighted by molar-refractivity contribution is 5.85. The molecule has 0 aliphatic rings. The summed E-state index contributed by atoms with van der Waals surface area (Å²) in [5, 5.41) is 10.3. The third-order valence-electron chi connectivity index (χ3n) is 3.74. The number of rotatable bonds is 3. The van der Waals surface area contributed by atoms with E-state index in [1.54, 1.807) is 12.1 Å². The van der Waals surface area contributed by atoms with E-state index in [1.807, 2.05) is 50.3 Å². The Hall–Kier alpha value is -2.81. The first-order valence-electron chi connectivity index (χ1n) is 7.54. The summed E-state index contributed by atoms with van der Waals surface area (Å²) in [4.78, 5) is 12.9. The van der Waals surface area contributed by atoms with Gasteiger partial charge in [-0.3, -0.25) is 4.79 Å². The van der Waals surface area contributed by atoms with Crippen molar-refractivity contribution < 1.29 is 9.52 Å². The minimum atomic E-state index is -0.180. The lowest BCUT2D eigenvalue weighted by Gasteiger charge is -2.10. The zero-order chi connectivity index (χ0) is 16.4. The molecule has 0 saturated carbocycles. The molecule has 1 heterocycles. The summed E-state index contributed by atoms with van der Waals surface area (Å²) >= 11 is 0. The van der Waals surface area contributed by atoms with E-state index < -0.39 is 0 Å². The first kappa shape index (κ1) is 15.1. The number of phenolic OH excluding ortho intramolecular Hbond substituents is 1. The number of aromatic hydroxyl groups is 1. The quantitative estimate of drug-likeness (QED) is 0.715. The molecule has 0 radical (unpaired) electrons. The van der Waals surface area contributed by atoms with Gasteiger partial charge in [0.15, 0.2) is 0 Å². The van der Waals surface area contributed by atoms with Crippen molar-refractivity contribution in [3.8, 4) is 17.1 Å². The van der Waals surface area contributed by atoms with Crippen LogP contribution in [0.25, 0.3) is 22.3 Å². The largest absolute Gasteiger partial charge is 0.507 e. The molecule has 3 heteroatoms. The van der Waals surface area contributed by atoms with E-state index in [0.29, 0.717) is 23.3 Å². The van der Waals surface area contributed by atoms with Gasteiger partial charge in [0, 0.05) is 11.1 Å². The average molecular weight is 306 g/mol. The van der Waals surface area contributed by atoms with Crippen molar-refractivity contribution in [3.05, 3.63) is 76.0 Å². The van der Waals surface area contributed by atoms with Crippen molar-refractivity contribution in [1.29, 1.82) is 0 Å². The van der Waals surface area contributed by atoms with Crippen LogP contribution >= 0.6 is 0 Å². The monoisotopic (exact) mass is 306 g/mol. The fraction of sp³-hybridized carbons (Fsp3) is 0.150. The van der Waals surface area contributed by atoms with Gasteiger partial charge in [0.05, 0.1) is 0 Å². The fourth-order valence-electron chi connectivity index (χ4n) is 2.57. The lowest BCUT2D eigenvalue weighted by molar-refractivity contribution is 0.479. The van der Waals surface area contributed by atoms with Crippen molar-refractivity contribution in [2.75, 3.05) is 0 Å². The molecule has 0 aliphatic heterocycles. The number of hydrogen-bond acceptors (Lipinski definition) is 3. The van der Waals surface area contributed by atoms with Crippen LogP contribution < -0.4 is 5.43 Å². The zero-order valence-electron chi connectivity index (χ0n) is 13.2. The van der Waals surface area contributed by atoms with Crippen LogP contribution in [0.4, 0.5) is 0 Å². The summed E-state index contributed by atoms with van der Waals surface area (Å²) < 4.78 is 5.98. The molecule has 3 aromatic rings. The Morgan fingerprint density at radius 3 is 2.52 bits per heavy atom. The molecule has 3 nitrogen and oxygen atoms in total. The summed E-state index contributed by atoms with van der Waals surface area (Å²) in [6.07, 6.45) is 2.46. The van der Waals surface area contributed by atoms with E-state index in [9.17, 15) is 9.90 Å². The molecule has 0 amide bonds. The van der Waals surface area contributed by atoms with Gasteiger partial charge in [0.25, 0.3) is 0 Å². The van der Waals surface area contributed by atoms with Crippen LogP contribution in [0.15, 0.2) is 69.4 Å². The van der Waals surface area contributed by atoms with E-state index >= 15 is 0 Å². The summed E-state index contributed by atoms with van der Waals surface area (Å²) in [6.45, 7) is 3.98. The maximum Gasteiger partial charge on any atom is 0.200 e. The predicted molar refractivity (Wildman–Crippen MR) is 92.7 cm³/mol. The molecule has 0 unspecified atom stereocenters. The van der Waals surface area contributed by atoms with E-state index in [-0.39, 0.29) is 16.6 Å². The third-order valence-corrected chi connectivity index (χ3v) is 3.74. The summed E-state index contributed by atoms with van der Waals surface area (Å²) in [5.74, 6) is 0.514. The first-order valence-corrected chi connectivity index (χ1v) is 7.54. The van der Waals surface area contributed by atoms with Gasteiger partial charge in [-0.15, -0.1) is 0 Å². The van der Waals surface area contributed by atoms with Crippen LogP contribution in [-0.4, -0.2) is 5.11 Å². The zero-order valence-corrected chi connectivity index (χ0v) is 13.2. The lowest BCUT2D eigenvalue weighted by Crippen LogP contribution is -2.11. The third kappa shape index (κ3) is 2.90. The molecule has 0 fully saturated rings. The number of benzene rings is 2. The van der Waals surface area contributed by atoms with Gasteiger partial charge in [-0.25, -0.2) is 0 Å². The lowest BCUT2D eigenvalue weighted by atomic mass is 10.0. The maximum atomic E-state index is 12.9. The molecular weight excluding hydrogens is 288 g/mol. The molecule has 1 N–H and O–H groups in total. The van der Waals surface area contributed by atoms with Crippen LogP contribution in [0, 0.1) is 0 Å². The van der Waals surface area contributed by atoms with Crippen LogP contribution in [0.5, 0.6) is 5.75 Å². The number of phenols is 1. The molecule has 116 valence electrons. The van der Waals surface area contributed by atoms with Crippen molar-refractivity contribution in [3.63, 3.8) is 0 Å². The number of hydrogen-bond donors (Lipinski definition) is 1. The van der Waals surface area contributed by atoms with E-state index in [0.717, 1.165) is 11.1 Å². The Kier molecular flexibility index (Phi) is 4.02. The van der Waals surface area contributed by atoms with Crippen molar-refractivity contribution in [2.24, 2.45) is 0 Å². The van der Waals surface area contributed by atoms with Gasteiger partial charge in [0.2, 0.25) is 5.43 Å².